The standard InChI is InChI=1S/C23H34N2O3/c1-6-8-13-24-18-10-11-19-20(16-18)25(5)23(26)22(27-14-9-7-2)21(19)28-15-12-17(3)4/h10-12,16,24H,6-9,13-15H2,1-5H3. The highest BCUT2D eigenvalue weighted by Gasteiger charge is 2.18. The molecule has 2 rings (SSSR count). The fourth-order valence-corrected chi connectivity index (χ4v) is 2.88. The van der Waals surface area contributed by atoms with Crippen LogP contribution in [0, 0.1) is 0 Å². The van der Waals surface area contributed by atoms with Crippen molar-refractivity contribution in [2.24, 2.45) is 7.05 Å². The minimum absolute atomic E-state index is 0.165. The highest BCUT2D eigenvalue weighted by atomic mass is 16.5. The lowest BCUT2D eigenvalue weighted by atomic mass is 10.1. The number of nitrogens with one attached hydrogen (secondary N) is 1. The van der Waals surface area contributed by atoms with Gasteiger partial charge in [0.1, 0.15) is 6.61 Å². The lowest BCUT2D eigenvalue weighted by Crippen LogP contribution is -2.21. The molecule has 0 saturated carbocycles. The van der Waals surface area contributed by atoms with Crippen LogP contribution in [0.3, 0.4) is 0 Å². The van der Waals surface area contributed by atoms with Crippen LogP contribution in [0.25, 0.3) is 10.9 Å². The van der Waals surface area contributed by atoms with E-state index < -0.39 is 0 Å². The molecule has 0 fully saturated rings. The number of ether oxygens (including phenoxy) is 2. The van der Waals surface area contributed by atoms with E-state index in [1.54, 1.807) is 11.6 Å². The molecule has 2 aromatic rings. The number of anilines is 1. The molecular weight excluding hydrogens is 352 g/mol. The highest BCUT2D eigenvalue weighted by Crippen LogP contribution is 2.34. The quantitative estimate of drug-likeness (QED) is 0.422. The Bertz CT molecular complexity index is 864. The van der Waals surface area contributed by atoms with Crippen molar-refractivity contribution in [3.63, 3.8) is 0 Å². The second-order valence-electron chi connectivity index (χ2n) is 7.33. The van der Waals surface area contributed by atoms with Gasteiger partial charge < -0.3 is 19.4 Å². The second kappa shape index (κ2) is 10.8. The van der Waals surface area contributed by atoms with Crippen molar-refractivity contribution < 1.29 is 9.47 Å². The van der Waals surface area contributed by atoms with E-state index in [1.165, 1.54) is 5.57 Å². The van der Waals surface area contributed by atoms with E-state index in [1.807, 2.05) is 38.1 Å². The number of rotatable bonds is 11. The first-order valence-electron chi connectivity index (χ1n) is 10.3. The van der Waals surface area contributed by atoms with Gasteiger partial charge >= 0.3 is 0 Å². The third-order valence-corrected chi connectivity index (χ3v) is 4.63. The van der Waals surface area contributed by atoms with Gasteiger partial charge in [-0.1, -0.05) is 32.3 Å². The van der Waals surface area contributed by atoms with Crippen molar-refractivity contribution in [3.05, 3.63) is 40.2 Å². The molecule has 0 spiro atoms. The summed E-state index contributed by atoms with van der Waals surface area (Å²) in [6.45, 7) is 10.1. The molecule has 0 unspecified atom stereocenters. The lowest BCUT2D eigenvalue weighted by Gasteiger charge is -2.17. The van der Waals surface area contributed by atoms with Gasteiger partial charge in [0.25, 0.3) is 5.56 Å². The molecule has 0 amide bonds. The number of allylic oxidation sites excluding steroid dienone is 1. The maximum Gasteiger partial charge on any atom is 0.297 e. The van der Waals surface area contributed by atoms with Gasteiger partial charge in [-0.05, 0) is 51.0 Å². The van der Waals surface area contributed by atoms with Crippen molar-refractivity contribution in [3.8, 4) is 11.5 Å². The summed E-state index contributed by atoms with van der Waals surface area (Å²) in [6.07, 6.45) is 6.15. The van der Waals surface area contributed by atoms with Crippen molar-refractivity contribution in [1.29, 1.82) is 0 Å². The first kappa shape index (κ1) is 21.9. The van der Waals surface area contributed by atoms with Crippen LogP contribution in [0.15, 0.2) is 34.6 Å². The van der Waals surface area contributed by atoms with E-state index in [-0.39, 0.29) is 5.56 Å². The summed E-state index contributed by atoms with van der Waals surface area (Å²) in [4.78, 5) is 13.0. The molecule has 5 heteroatoms. The molecule has 0 aliphatic heterocycles. The van der Waals surface area contributed by atoms with Crippen molar-refractivity contribution in [2.75, 3.05) is 25.1 Å². The van der Waals surface area contributed by atoms with Gasteiger partial charge in [0.2, 0.25) is 5.75 Å². The summed E-state index contributed by atoms with van der Waals surface area (Å²) in [5.41, 5.74) is 2.85. The van der Waals surface area contributed by atoms with Gasteiger partial charge in [0, 0.05) is 24.7 Å². The van der Waals surface area contributed by atoms with Gasteiger partial charge in [0.05, 0.1) is 12.1 Å². The number of unbranched alkanes of at least 4 members (excludes halogenated alkanes) is 2. The summed E-state index contributed by atoms with van der Waals surface area (Å²) in [5, 5.41) is 4.31. The molecule has 1 N–H and O–H groups in total. The van der Waals surface area contributed by atoms with Crippen LogP contribution in [0.1, 0.15) is 53.4 Å². The van der Waals surface area contributed by atoms with Crippen LogP contribution >= 0.6 is 0 Å². The fourth-order valence-electron chi connectivity index (χ4n) is 2.88. The summed E-state index contributed by atoms with van der Waals surface area (Å²) < 4.78 is 13.5. The van der Waals surface area contributed by atoms with Crippen LogP contribution < -0.4 is 20.3 Å². The minimum Gasteiger partial charge on any atom is -0.485 e. The first-order valence-corrected chi connectivity index (χ1v) is 10.3. The zero-order chi connectivity index (χ0) is 20.5. The Balaban J connectivity index is 2.50. The smallest absolute Gasteiger partial charge is 0.297 e. The van der Waals surface area contributed by atoms with Crippen LogP contribution in [-0.4, -0.2) is 24.3 Å². The van der Waals surface area contributed by atoms with Crippen molar-refractivity contribution in [2.45, 2.75) is 53.4 Å². The number of benzene rings is 1. The van der Waals surface area contributed by atoms with E-state index in [0.29, 0.717) is 24.7 Å². The monoisotopic (exact) mass is 386 g/mol. The Hall–Kier alpha value is -2.43. The SMILES string of the molecule is CCCCNc1ccc2c(OCC=C(C)C)c(OCCCC)c(=O)n(C)c2c1. The number of pyridine rings is 1. The zero-order valence-corrected chi connectivity index (χ0v) is 17.9. The van der Waals surface area contributed by atoms with Crippen LogP contribution in [0.5, 0.6) is 11.5 Å². The number of aryl methyl sites for hydroxylation is 1. The third-order valence-electron chi connectivity index (χ3n) is 4.63. The van der Waals surface area contributed by atoms with Gasteiger partial charge in [0.15, 0.2) is 5.75 Å². The summed E-state index contributed by atoms with van der Waals surface area (Å²) in [7, 11) is 1.78. The predicted octanol–water partition coefficient (Wildman–Crippen LogP) is 5.27. The van der Waals surface area contributed by atoms with Gasteiger partial charge in [-0.25, -0.2) is 0 Å². The molecular formula is C23H34N2O3. The van der Waals surface area contributed by atoms with Crippen molar-refractivity contribution >= 4 is 16.6 Å². The molecule has 0 bridgehead atoms. The predicted molar refractivity (Wildman–Crippen MR) is 118 cm³/mol. The second-order valence-corrected chi connectivity index (χ2v) is 7.33. The van der Waals surface area contributed by atoms with Crippen LogP contribution in [0.2, 0.25) is 0 Å². The summed E-state index contributed by atoms with van der Waals surface area (Å²) in [6, 6.07) is 6.05. The topological polar surface area (TPSA) is 52.5 Å². The molecule has 154 valence electrons. The number of hydrogen-bond donors (Lipinski definition) is 1. The lowest BCUT2D eigenvalue weighted by molar-refractivity contribution is 0.275. The Morgan fingerprint density at radius 1 is 1.11 bits per heavy atom. The average Bonchev–Trinajstić information content (AvgIpc) is 2.67. The molecule has 1 aromatic carbocycles. The van der Waals surface area contributed by atoms with E-state index in [0.717, 1.165) is 48.8 Å². The first-order chi connectivity index (χ1) is 13.5. The van der Waals surface area contributed by atoms with Gasteiger partial charge in [-0.15, -0.1) is 0 Å². The van der Waals surface area contributed by atoms with Crippen LogP contribution in [0.4, 0.5) is 5.69 Å². The molecule has 0 aliphatic carbocycles. The minimum atomic E-state index is -0.165. The Kier molecular flexibility index (Phi) is 8.42. The normalized spacial score (nSPS) is 10.8. The van der Waals surface area contributed by atoms with E-state index in [2.05, 4.69) is 19.2 Å². The van der Waals surface area contributed by atoms with E-state index in [9.17, 15) is 4.79 Å². The fraction of sp³-hybridized carbons (Fsp3) is 0.522. The maximum atomic E-state index is 13.0. The van der Waals surface area contributed by atoms with E-state index >= 15 is 0 Å². The van der Waals surface area contributed by atoms with Gasteiger partial charge in [-0.2, -0.15) is 0 Å². The molecule has 5 nitrogen and oxygen atoms in total. The molecule has 0 atom stereocenters. The Morgan fingerprint density at radius 2 is 1.86 bits per heavy atom. The number of nitrogens with zero attached hydrogens (tertiary/aromatic N) is 1. The van der Waals surface area contributed by atoms with E-state index in [4.69, 9.17) is 9.47 Å². The Morgan fingerprint density at radius 3 is 2.54 bits per heavy atom. The molecule has 0 aliphatic rings. The third kappa shape index (κ3) is 5.54. The average molecular weight is 387 g/mol. The highest BCUT2D eigenvalue weighted by molar-refractivity contribution is 5.90. The molecule has 28 heavy (non-hydrogen) atoms. The summed E-state index contributed by atoms with van der Waals surface area (Å²) >= 11 is 0. The molecule has 1 heterocycles. The molecule has 0 saturated heterocycles. The number of aromatic nitrogens is 1. The maximum absolute atomic E-state index is 13.0. The zero-order valence-electron chi connectivity index (χ0n) is 17.9. The Labute approximate surface area is 168 Å². The van der Waals surface area contributed by atoms with Crippen LogP contribution in [-0.2, 0) is 7.05 Å². The molecule has 0 radical (unpaired) electrons. The molecule has 1 aromatic heterocycles. The number of hydrogen-bond acceptors (Lipinski definition) is 4. The van der Waals surface area contributed by atoms with Crippen molar-refractivity contribution in [1.82, 2.24) is 4.57 Å². The largest absolute Gasteiger partial charge is 0.485 e. The van der Waals surface area contributed by atoms with Gasteiger partial charge in [-0.3, -0.25) is 4.79 Å². The summed E-state index contributed by atoms with van der Waals surface area (Å²) in [5.74, 6) is 0.837. The number of fused-ring (bicyclic) bond motifs is 1.